The predicted octanol–water partition coefficient (Wildman–Crippen LogP) is 3.79. The van der Waals surface area contributed by atoms with Crippen LogP contribution >= 0.6 is 17.0 Å². The van der Waals surface area contributed by atoms with E-state index in [0.29, 0.717) is 34.6 Å². The second kappa shape index (κ2) is 14.2. The summed E-state index contributed by atoms with van der Waals surface area (Å²) >= 11 is 0. The number of carbonyl (C=O) groups excluding carboxylic acids is 2. The van der Waals surface area contributed by atoms with Gasteiger partial charge in [-0.05, 0) is 43.4 Å². The Hall–Kier alpha value is -4.03. The maximum absolute atomic E-state index is 12.9. The standard InChI is InChI=1S/C31H33N5O4.BrH.H2O/c1-34-15-17-36(18-16-34)20-27(37)35(2)24-12-10-23(11-13-24)32-29(21-7-5-4-6-8-21)28-25-14-9-22(31(39)40-3)19-26(25)33-30(28)38;;/h4-14,19,33,38H,15-18,20H2,1-3H3;1H;1H2. The highest BCUT2D eigenvalue weighted by Gasteiger charge is 2.21. The van der Waals surface area contributed by atoms with Crippen LogP contribution in [0.15, 0.2) is 77.8 Å². The van der Waals surface area contributed by atoms with E-state index >= 15 is 0 Å². The number of carbonyl (C=O) groups is 2. The van der Waals surface area contributed by atoms with Gasteiger partial charge in [-0.25, -0.2) is 9.79 Å². The summed E-state index contributed by atoms with van der Waals surface area (Å²) < 4.78 is 4.83. The first-order valence-electron chi connectivity index (χ1n) is 13.2. The second-order valence-electron chi connectivity index (χ2n) is 9.98. The molecule has 0 spiro atoms. The molecule has 3 aromatic carbocycles. The van der Waals surface area contributed by atoms with Gasteiger partial charge < -0.3 is 30.1 Å². The van der Waals surface area contributed by atoms with Crippen molar-refractivity contribution in [2.24, 2.45) is 4.99 Å². The summed E-state index contributed by atoms with van der Waals surface area (Å²) in [6.45, 7) is 4.09. The lowest BCUT2D eigenvalue weighted by Gasteiger charge is -2.32. The number of anilines is 1. The maximum Gasteiger partial charge on any atom is 0.337 e. The third-order valence-corrected chi connectivity index (χ3v) is 7.29. The third-order valence-electron chi connectivity index (χ3n) is 7.29. The maximum atomic E-state index is 12.9. The SMILES string of the molecule is Br.COC(=O)c1ccc2c(C(=Nc3ccc(N(C)C(=O)CN4CCN(C)CC4)cc3)c3ccccc3)c(O)[nH]c2c1.O. The van der Waals surface area contributed by atoms with Gasteiger partial charge in [0.25, 0.3) is 0 Å². The minimum absolute atomic E-state index is 0. The average molecular weight is 639 g/mol. The van der Waals surface area contributed by atoms with Gasteiger partial charge in [0.05, 0.1) is 36.2 Å². The van der Waals surface area contributed by atoms with Crippen molar-refractivity contribution in [3.8, 4) is 5.88 Å². The number of hydrogen-bond acceptors (Lipinski definition) is 7. The normalized spacial score (nSPS) is 14.1. The summed E-state index contributed by atoms with van der Waals surface area (Å²) in [6, 6.07) is 22.2. The van der Waals surface area contributed by atoms with E-state index in [1.807, 2.05) is 54.6 Å². The summed E-state index contributed by atoms with van der Waals surface area (Å²) in [6.07, 6.45) is 0. The summed E-state index contributed by atoms with van der Waals surface area (Å²) in [7, 11) is 5.22. The number of amides is 1. The summed E-state index contributed by atoms with van der Waals surface area (Å²) in [4.78, 5) is 39.0. The van der Waals surface area contributed by atoms with Crippen LogP contribution in [-0.4, -0.2) is 96.9 Å². The van der Waals surface area contributed by atoms with Crippen molar-refractivity contribution in [2.45, 2.75) is 0 Å². The van der Waals surface area contributed by atoms with Gasteiger partial charge >= 0.3 is 5.97 Å². The average Bonchev–Trinajstić information content (AvgIpc) is 3.31. The molecule has 0 atom stereocenters. The number of nitrogens with one attached hydrogen (secondary N) is 1. The lowest BCUT2D eigenvalue weighted by atomic mass is 10.00. The number of aromatic nitrogens is 1. The number of likely N-dealkylation sites (N-methyl/N-ethyl adjacent to an activating group) is 2. The third kappa shape index (κ3) is 7.05. The Morgan fingerprint density at radius 1 is 0.976 bits per heavy atom. The fourth-order valence-corrected chi connectivity index (χ4v) is 4.86. The van der Waals surface area contributed by atoms with Crippen molar-refractivity contribution in [1.29, 1.82) is 0 Å². The molecule has 0 aliphatic carbocycles. The molecule has 11 heteroatoms. The Bertz CT molecular complexity index is 1550. The Morgan fingerprint density at radius 3 is 2.29 bits per heavy atom. The van der Waals surface area contributed by atoms with Crippen LogP contribution in [-0.2, 0) is 9.53 Å². The largest absolute Gasteiger partial charge is 0.494 e. The zero-order valence-electron chi connectivity index (χ0n) is 23.8. The van der Waals surface area contributed by atoms with Gasteiger partial charge in [-0.1, -0.05) is 36.4 Å². The van der Waals surface area contributed by atoms with Crippen molar-refractivity contribution in [2.75, 3.05) is 58.8 Å². The molecule has 10 nitrogen and oxygen atoms in total. The van der Waals surface area contributed by atoms with Crippen molar-refractivity contribution in [3.63, 3.8) is 0 Å². The monoisotopic (exact) mass is 637 g/mol. The number of fused-ring (bicyclic) bond motifs is 1. The predicted molar refractivity (Wildman–Crippen MR) is 171 cm³/mol. The number of rotatable bonds is 7. The first kappa shape index (κ1) is 32.5. The molecule has 1 fully saturated rings. The molecule has 42 heavy (non-hydrogen) atoms. The van der Waals surface area contributed by atoms with Crippen molar-refractivity contribution < 1.29 is 24.9 Å². The topological polar surface area (TPSA) is 133 Å². The van der Waals surface area contributed by atoms with E-state index in [4.69, 9.17) is 9.73 Å². The molecule has 1 aliphatic heterocycles. The highest BCUT2D eigenvalue weighted by atomic mass is 79.9. The van der Waals surface area contributed by atoms with E-state index in [-0.39, 0.29) is 34.2 Å². The zero-order chi connectivity index (χ0) is 28.2. The summed E-state index contributed by atoms with van der Waals surface area (Å²) in [5, 5.41) is 11.7. The van der Waals surface area contributed by atoms with Gasteiger partial charge in [0.2, 0.25) is 5.91 Å². The van der Waals surface area contributed by atoms with Crippen LogP contribution in [0.5, 0.6) is 5.88 Å². The molecular weight excluding hydrogens is 602 g/mol. The number of esters is 1. The fraction of sp³-hybridized carbons (Fsp3) is 0.258. The number of aromatic hydroxyl groups is 1. The summed E-state index contributed by atoms with van der Waals surface area (Å²) in [5.41, 5.74) is 4.34. The number of piperazine rings is 1. The van der Waals surface area contributed by atoms with Crippen molar-refractivity contribution >= 4 is 56.8 Å². The number of hydrogen-bond donors (Lipinski definition) is 2. The molecule has 1 saturated heterocycles. The molecule has 0 radical (unpaired) electrons. The molecule has 0 unspecified atom stereocenters. The Morgan fingerprint density at radius 2 is 1.64 bits per heavy atom. The fourth-order valence-electron chi connectivity index (χ4n) is 4.86. The quantitative estimate of drug-likeness (QED) is 0.234. The van der Waals surface area contributed by atoms with Crippen LogP contribution in [0.2, 0.25) is 0 Å². The van der Waals surface area contributed by atoms with E-state index in [0.717, 1.165) is 42.8 Å². The molecule has 5 rings (SSSR count). The van der Waals surface area contributed by atoms with Gasteiger partial charge in [0, 0.05) is 55.4 Å². The molecule has 222 valence electrons. The molecular formula is C31H36BrN5O5. The molecule has 4 aromatic rings. The van der Waals surface area contributed by atoms with Crippen LogP contribution in [0.4, 0.5) is 11.4 Å². The molecule has 0 bridgehead atoms. The van der Waals surface area contributed by atoms with Gasteiger partial charge in [0.15, 0.2) is 5.88 Å². The van der Waals surface area contributed by atoms with Crippen molar-refractivity contribution in [1.82, 2.24) is 14.8 Å². The van der Waals surface area contributed by atoms with Gasteiger partial charge in [-0.2, -0.15) is 0 Å². The highest BCUT2D eigenvalue weighted by molar-refractivity contribution is 8.93. The van der Waals surface area contributed by atoms with Crippen LogP contribution in [0.1, 0.15) is 21.5 Å². The molecule has 1 amide bonds. The van der Waals surface area contributed by atoms with Crippen LogP contribution < -0.4 is 4.90 Å². The zero-order valence-corrected chi connectivity index (χ0v) is 25.5. The van der Waals surface area contributed by atoms with Gasteiger partial charge in [-0.3, -0.25) is 9.69 Å². The van der Waals surface area contributed by atoms with E-state index in [1.165, 1.54) is 7.11 Å². The number of ether oxygens (including phenoxy) is 1. The Labute approximate surface area is 255 Å². The van der Waals surface area contributed by atoms with Crippen LogP contribution in [0.3, 0.4) is 0 Å². The Balaban J connectivity index is 0.00000242. The van der Waals surface area contributed by atoms with Crippen LogP contribution in [0.25, 0.3) is 10.9 Å². The number of methoxy groups -OCH3 is 1. The number of aliphatic imine (C=N–C) groups is 1. The number of aromatic amines is 1. The molecule has 1 aromatic heterocycles. The first-order chi connectivity index (χ1) is 19.3. The highest BCUT2D eigenvalue weighted by Crippen LogP contribution is 2.32. The van der Waals surface area contributed by atoms with E-state index < -0.39 is 5.97 Å². The number of halogens is 1. The van der Waals surface area contributed by atoms with Crippen LogP contribution in [0, 0.1) is 0 Å². The Kier molecular flexibility index (Phi) is 11.0. The van der Waals surface area contributed by atoms with Gasteiger partial charge in [-0.15, -0.1) is 17.0 Å². The van der Waals surface area contributed by atoms with Crippen molar-refractivity contribution in [3.05, 3.63) is 89.5 Å². The number of H-pyrrole nitrogens is 1. The van der Waals surface area contributed by atoms with Gasteiger partial charge in [0.1, 0.15) is 0 Å². The molecule has 4 N–H and O–H groups in total. The minimum Gasteiger partial charge on any atom is -0.494 e. The molecule has 1 aliphatic rings. The van der Waals surface area contributed by atoms with E-state index in [2.05, 4.69) is 21.8 Å². The lowest BCUT2D eigenvalue weighted by Crippen LogP contribution is -2.48. The minimum atomic E-state index is -0.457. The van der Waals surface area contributed by atoms with E-state index in [9.17, 15) is 14.7 Å². The lowest BCUT2D eigenvalue weighted by molar-refractivity contribution is -0.119. The second-order valence-corrected chi connectivity index (χ2v) is 9.98. The number of benzene rings is 3. The molecule has 2 heterocycles. The summed E-state index contributed by atoms with van der Waals surface area (Å²) in [5.74, 6) is -0.465. The molecule has 0 saturated carbocycles. The smallest absolute Gasteiger partial charge is 0.337 e. The first-order valence-corrected chi connectivity index (χ1v) is 13.2. The number of nitrogens with zero attached hydrogens (tertiary/aromatic N) is 4. The van der Waals surface area contributed by atoms with E-state index in [1.54, 1.807) is 30.1 Å².